The number of unbranched alkanes of at least 4 members (excludes halogenated alkanes) is 1. The van der Waals surface area contributed by atoms with E-state index in [2.05, 4.69) is 0 Å². The lowest BCUT2D eigenvalue weighted by Crippen LogP contribution is -2.32. The maximum atomic E-state index is 11.9. The van der Waals surface area contributed by atoms with Gasteiger partial charge < -0.3 is 4.79 Å². The molecule has 2 aliphatic rings. The first-order valence-corrected chi connectivity index (χ1v) is 5.45. The van der Waals surface area contributed by atoms with Gasteiger partial charge in [0.1, 0.15) is 6.29 Å². The lowest BCUT2D eigenvalue weighted by atomic mass is 10.00. The van der Waals surface area contributed by atoms with Crippen LogP contribution in [-0.2, 0) is 14.4 Å². The molecule has 84 valence electrons. The largest absolute Gasteiger partial charge is 0.303 e. The molecule has 0 fully saturated rings. The second kappa shape index (κ2) is 4.43. The summed E-state index contributed by atoms with van der Waals surface area (Å²) in [5, 5.41) is 0. The highest BCUT2D eigenvalue weighted by Gasteiger charge is 2.36. The number of carbonyl (C=O) groups is 3. The number of allylic oxidation sites excluding steroid dienone is 1. The molecule has 4 nitrogen and oxygen atoms in total. The van der Waals surface area contributed by atoms with Crippen LogP contribution in [0.25, 0.3) is 0 Å². The van der Waals surface area contributed by atoms with E-state index in [1.54, 1.807) is 6.08 Å². The molecule has 0 aromatic rings. The van der Waals surface area contributed by atoms with Gasteiger partial charge in [-0.2, -0.15) is 0 Å². The number of nitrogens with zero attached hydrogens (tertiary/aromatic N) is 1. The van der Waals surface area contributed by atoms with Crippen LogP contribution in [0.1, 0.15) is 25.7 Å². The lowest BCUT2D eigenvalue weighted by molar-refractivity contribution is -0.137. The smallest absolute Gasteiger partial charge is 0.261 e. The predicted octanol–water partition coefficient (Wildman–Crippen LogP) is 0.981. The van der Waals surface area contributed by atoms with E-state index in [4.69, 9.17) is 0 Å². The summed E-state index contributed by atoms with van der Waals surface area (Å²) < 4.78 is 0. The molecule has 0 unspecified atom stereocenters. The summed E-state index contributed by atoms with van der Waals surface area (Å²) in [4.78, 5) is 35.2. The highest BCUT2D eigenvalue weighted by molar-refractivity contribution is 6.20. The van der Waals surface area contributed by atoms with Crippen LogP contribution in [0, 0.1) is 0 Å². The Kier molecular flexibility index (Phi) is 2.99. The van der Waals surface area contributed by atoms with E-state index in [9.17, 15) is 14.4 Å². The number of amides is 2. The Balaban J connectivity index is 2.09. The van der Waals surface area contributed by atoms with Crippen molar-refractivity contribution >= 4 is 18.1 Å². The third kappa shape index (κ3) is 1.71. The van der Waals surface area contributed by atoms with Crippen molar-refractivity contribution in [2.75, 3.05) is 6.54 Å². The van der Waals surface area contributed by atoms with Crippen LogP contribution in [0.4, 0.5) is 0 Å². The summed E-state index contributed by atoms with van der Waals surface area (Å²) in [6.07, 6.45) is 6.86. The van der Waals surface area contributed by atoms with Gasteiger partial charge in [-0.05, 0) is 19.3 Å². The fourth-order valence-corrected chi connectivity index (χ4v) is 2.02. The maximum absolute atomic E-state index is 11.9. The molecule has 0 bridgehead atoms. The second-order valence-electron chi connectivity index (χ2n) is 3.90. The molecule has 2 rings (SSSR count). The van der Waals surface area contributed by atoms with Crippen molar-refractivity contribution in [1.29, 1.82) is 0 Å². The predicted molar refractivity (Wildman–Crippen MR) is 57.4 cm³/mol. The molecule has 0 saturated carbocycles. The third-order valence-corrected chi connectivity index (χ3v) is 2.85. The van der Waals surface area contributed by atoms with Gasteiger partial charge >= 0.3 is 0 Å². The van der Waals surface area contributed by atoms with Gasteiger partial charge in [0.05, 0.1) is 0 Å². The molecular formula is C12H13NO3. The van der Waals surface area contributed by atoms with Gasteiger partial charge in [0, 0.05) is 24.1 Å². The normalized spacial score (nSPS) is 19.4. The Morgan fingerprint density at radius 3 is 2.81 bits per heavy atom. The van der Waals surface area contributed by atoms with Crippen molar-refractivity contribution < 1.29 is 14.4 Å². The topological polar surface area (TPSA) is 54.5 Å². The Bertz CT molecular complexity index is 406. The number of aldehydes is 1. The fourth-order valence-electron chi connectivity index (χ4n) is 2.02. The van der Waals surface area contributed by atoms with Crippen LogP contribution in [0.5, 0.6) is 0 Å². The molecule has 1 heterocycles. The first kappa shape index (κ1) is 10.8. The summed E-state index contributed by atoms with van der Waals surface area (Å²) in [5.41, 5.74) is 1.18. The molecule has 1 aliphatic carbocycles. The van der Waals surface area contributed by atoms with Crippen molar-refractivity contribution in [1.82, 2.24) is 4.90 Å². The molecular weight excluding hydrogens is 206 g/mol. The quantitative estimate of drug-likeness (QED) is 0.402. The number of hydrogen-bond donors (Lipinski definition) is 0. The minimum Gasteiger partial charge on any atom is -0.303 e. The van der Waals surface area contributed by atoms with E-state index in [0.717, 1.165) is 12.7 Å². The highest BCUT2D eigenvalue weighted by atomic mass is 16.2. The van der Waals surface area contributed by atoms with Crippen molar-refractivity contribution in [2.45, 2.75) is 25.7 Å². The molecule has 0 aromatic carbocycles. The lowest BCUT2D eigenvalue weighted by Gasteiger charge is -2.13. The van der Waals surface area contributed by atoms with Crippen molar-refractivity contribution in [3.05, 3.63) is 23.3 Å². The summed E-state index contributed by atoms with van der Waals surface area (Å²) in [7, 11) is 0. The van der Waals surface area contributed by atoms with E-state index in [0.29, 0.717) is 37.0 Å². The molecule has 2 amide bonds. The third-order valence-electron chi connectivity index (χ3n) is 2.85. The molecule has 16 heavy (non-hydrogen) atoms. The van der Waals surface area contributed by atoms with Crippen molar-refractivity contribution in [2.24, 2.45) is 0 Å². The number of hydrogen-bond acceptors (Lipinski definition) is 3. The van der Waals surface area contributed by atoms with Crippen LogP contribution in [0.2, 0.25) is 0 Å². The average molecular weight is 219 g/mol. The van der Waals surface area contributed by atoms with Crippen LogP contribution in [0.15, 0.2) is 23.3 Å². The summed E-state index contributed by atoms with van der Waals surface area (Å²) >= 11 is 0. The zero-order valence-corrected chi connectivity index (χ0v) is 8.94. The van der Waals surface area contributed by atoms with Crippen LogP contribution < -0.4 is 0 Å². The van der Waals surface area contributed by atoms with Crippen molar-refractivity contribution in [3.8, 4) is 0 Å². The van der Waals surface area contributed by atoms with Gasteiger partial charge in [-0.3, -0.25) is 14.5 Å². The molecule has 4 heteroatoms. The molecule has 1 aliphatic heterocycles. The minimum absolute atomic E-state index is 0.171. The van der Waals surface area contributed by atoms with Gasteiger partial charge in [0.15, 0.2) is 0 Å². The fraction of sp³-hybridized carbons (Fsp3) is 0.417. The highest BCUT2D eigenvalue weighted by Crippen LogP contribution is 2.28. The van der Waals surface area contributed by atoms with Crippen LogP contribution in [-0.4, -0.2) is 29.5 Å². The van der Waals surface area contributed by atoms with E-state index in [1.165, 1.54) is 4.90 Å². The number of rotatable bonds is 4. The molecule has 0 radical (unpaired) electrons. The molecule has 0 atom stereocenters. The van der Waals surface area contributed by atoms with E-state index in [-0.39, 0.29) is 11.8 Å². The Hall–Kier alpha value is -1.71. The average Bonchev–Trinajstić information content (AvgIpc) is 2.55. The van der Waals surface area contributed by atoms with Gasteiger partial charge in [-0.1, -0.05) is 12.2 Å². The Morgan fingerprint density at radius 1 is 1.31 bits per heavy atom. The molecule has 0 aromatic heterocycles. The number of carbonyl (C=O) groups excluding carboxylic acids is 3. The van der Waals surface area contributed by atoms with E-state index < -0.39 is 0 Å². The van der Waals surface area contributed by atoms with Crippen molar-refractivity contribution in [3.63, 3.8) is 0 Å². The maximum Gasteiger partial charge on any atom is 0.261 e. The van der Waals surface area contributed by atoms with Gasteiger partial charge in [-0.15, -0.1) is 0 Å². The first-order chi connectivity index (χ1) is 7.75. The Morgan fingerprint density at radius 2 is 2.12 bits per heavy atom. The van der Waals surface area contributed by atoms with Gasteiger partial charge in [-0.25, -0.2) is 0 Å². The molecule has 0 N–H and O–H groups in total. The SMILES string of the molecule is O=CCCCN1C(=O)C2=C(CCC=C2)C1=O. The molecule has 0 spiro atoms. The summed E-state index contributed by atoms with van der Waals surface area (Å²) in [6.45, 7) is 0.344. The van der Waals surface area contributed by atoms with E-state index in [1.807, 2.05) is 6.08 Å². The molecule has 0 saturated heterocycles. The summed E-state index contributed by atoms with van der Waals surface area (Å²) in [5.74, 6) is -0.378. The summed E-state index contributed by atoms with van der Waals surface area (Å²) in [6, 6.07) is 0. The Labute approximate surface area is 93.6 Å². The van der Waals surface area contributed by atoms with Gasteiger partial charge in [0.2, 0.25) is 0 Å². The van der Waals surface area contributed by atoms with Gasteiger partial charge in [0.25, 0.3) is 11.8 Å². The monoisotopic (exact) mass is 219 g/mol. The van der Waals surface area contributed by atoms with Crippen LogP contribution in [0.3, 0.4) is 0 Å². The standard InChI is InChI=1S/C12H13NO3/c14-8-4-3-7-13-11(15)9-5-1-2-6-10(9)12(13)16/h1,5,8H,2-4,6-7H2. The first-order valence-electron chi connectivity index (χ1n) is 5.45. The minimum atomic E-state index is -0.207. The second-order valence-corrected chi connectivity index (χ2v) is 3.90. The zero-order chi connectivity index (χ0) is 11.5. The van der Waals surface area contributed by atoms with E-state index >= 15 is 0 Å². The van der Waals surface area contributed by atoms with Crippen LogP contribution >= 0.6 is 0 Å². The number of imide groups is 1. The zero-order valence-electron chi connectivity index (χ0n) is 8.94.